The van der Waals surface area contributed by atoms with Gasteiger partial charge in [-0.25, -0.2) is 13.8 Å². The summed E-state index contributed by atoms with van der Waals surface area (Å²) in [4.78, 5) is 28.0. The standard InChI is InChI=1S/C17H18F2N4O2/c18-12-5-4-11(8-13(12)19)17(25)21-9-16(24)22-14-2-1-3-15(14)23-7-6-20-10-23/h4-8,10,14-15H,1-3,9H2,(H,21,25)(H,22,24)/t14-,15+/m1/s1. The maximum absolute atomic E-state index is 13.1. The van der Waals surface area contributed by atoms with E-state index in [9.17, 15) is 18.4 Å². The zero-order valence-electron chi connectivity index (χ0n) is 13.4. The number of amides is 2. The topological polar surface area (TPSA) is 76.0 Å². The monoisotopic (exact) mass is 348 g/mol. The number of nitrogens with zero attached hydrogens (tertiary/aromatic N) is 2. The van der Waals surface area contributed by atoms with Crippen LogP contribution in [-0.2, 0) is 4.79 Å². The van der Waals surface area contributed by atoms with Gasteiger partial charge in [0.25, 0.3) is 5.91 Å². The summed E-state index contributed by atoms with van der Waals surface area (Å²) in [6.45, 7) is -0.231. The van der Waals surface area contributed by atoms with Gasteiger partial charge in [-0.2, -0.15) is 0 Å². The Morgan fingerprint density at radius 2 is 2.08 bits per heavy atom. The van der Waals surface area contributed by atoms with Gasteiger partial charge >= 0.3 is 0 Å². The van der Waals surface area contributed by atoms with Crippen LogP contribution in [0, 0.1) is 11.6 Å². The summed E-state index contributed by atoms with van der Waals surface area (Å²) < 4.78 is 28.0. The SMILES string of the molecule is O=C(CNC(=O)c1ccc(F)c(F)c1)N[C@@H]1CCC[C@@H]1n1ccnc1. The molecular formula is C17H18F2N4O2. The van der Waals surface area contributed by atoms with Crippen LogP contribution < -0.4 is 10.6 Å². The van der Waals surface area contributed by atoms with Crippen molar-refractivity contribution in [3.63, 3.8) is 0 Å². The molecule has 25 heavy (non-hydrogen) atoms. The van der Waals surface area contributed by atoms with Crippen LogP contribution in [-0.4, -0.2) is 34.0 Å². The molecule has 1 fully saturated rings. The fourth-order valence-electron chi connectivity index (χ4n) is 3.09. The highest BCUT2D eigenvalue weighted by Gasteiger charge is 2.29. The molecule has 132 valence electrons. The van der Waals surface area contributed by atoms with Crippen molar-refractivity contribution < 1.29 is 18.4 Å². The molecule has 2 N–H and O–H groups in total. The molecule has 0 aliphatic heterocycles. The largest absolute Gasteiger partial charge is 0.350 e. The van der Waals surface area contributed by atoms with Crippen molar-refractivity contribution in [3.8, 4) is 0 Å². The highest BCUT2D eigenvalue weighted by Crippen LogP contribution is 2.29. The normalized spacial score (nSPS) is 19.6. The molecule has 1 aromatic carbocycles. The van der Waals surface area contributed by atoms with Crippen molar-refractivity contribution in [2.24, 2.45) is 0 Å². The third kappa shape index (κ3) is 4.01. The minimum atomic E-state index is -1.11. The highest BCUT2D eigenvalue weighted by molar-refractivity contribution is 5.96. The van der Waals surface area contributed by atoms with E-state index in [-0.39, 0.29) is 30.1 Å². The van der Waals surface area contributed by atoms with Gasteiger partial charge in [-0.05, 0) is 37.5 Å². The van der Waals surface area contributed by atoms with Gasteiger partial charge < -0.3 is 15.2 Å². The van der Waals surface area contributed by atoms with E-state index < -0.39 is 17.5 Å². The third-order valence-electron chi connectivity index (χ3n) is 4.32. The van der Waals surface area contributed by atoms with Crippen LogP contribution in [0.1, 0.15) is 35.7 Å². The van der Waals surface area contributed by atoms with Crippen LogP contribution in [0.3, 0.4) is 0 Å². The third-order valence-corrected chi connectivity index (χ3v) is 4.32. The van der Waals surface area contributed by atoms with Crippen LogP contribution in [0.2, 0.25) is 0 Å². The molecule has 0 spiro atoms. The van der Waals surface area contributed by atoms with Crippen molar-refractivity contribution in [1.82, 2.24) is 20.2 Å². The lowest BCUT2D eigenvalue weighted by atomic mass is 10.1. The highest BCUT2D eigenvalue weighted by atomic mass is 19.2. The Balaban J connectivity index is 1.52. The first kappa shape index (κ1) is 17.1. The van der Waals surface area contributed by atoms with E-state index in [0.717, 1.165) is 37.5 Å². The maximum atomic E-state index is 13.1. The molecule has 3 rings (SSSR count). The predicted molar refractivity (Wildman–Crippen MR) is 85.7 cm³/mol. The molecule has 0 unspecified atom stereocenters. The van der Waals surface area contributed by atoms with Crippen LogP contribution >= 0.6 is 0 Å². The lowest BCUT2D eigenvalue weighted by Gasteiger charge is -2.22. The number of imidazole rings is 1. The fourth-order valence-corrected chi connectivity index (χ4v) is 3.09. The molecule has 2 atom stereocenters. The van der Waals surface area contributed by atoms with Gasteiger partial charge in [-0.3, -0.25) is 9.59 Å². The first-order valence-electron chi connectivity index (χ1n) is 8.04. The van der Waals surface area contributed by atoms with Crippen molar-refractivity contribution >= 4 is 11.8 Å². The second-order valence-corrected chi connectivity index (χ2v) is 5.99. The average Bonchev–Trinajstić information content (AvgIpc) is 3.26. The second-order valence-electron chi connectivity index (χ2n) is 5.99. The molecule has 2 amide bonds. The smallest absolute Gasteiger partial charge is 0.251 e. The summed E-state index contributed by atoms with van der Waals surface area (Å²) in [6, 6.07) is 2.96. The zero-order chi connectivity index (χ0) is 17.8. The van der Waals surface area contributed by atoms with Gasteiger partial charge in [-0.15, -0.1) is 0 Å². The Kier molecular flexibility index (Phi) is 5.06. The van der Waals surface area contributed by atoms with E-state index in [1.165, 1.54) is 0 Å². The van der Waals surface area contributed by atoms with E-state index in [1.807, 2.05) is 10.8 Å². The molecule has 2 aromatic rings. The zero-order valence-corrected chi connectivity index (χ0v) is 13.4. The van der Waals surface area contributed by atoms with Gasteiger partial charge in [0.15, 0.2) is 11.6 Å². The number of nitrogens with one attached hydrogen (secondary N) is 2. The minimum absolute atomic E-state index is 0.0260. The van der Waals surface area contributed by atoms with Crippen LogP contribution in [0.15, 0.2) is 36.9 Å². The van der Waals surface area contributed by atoms with Crippen molar-refractivity contribution in [1.29, 1.82) is 0 Å². The summed E-state index contributed by atoms with van der Waals surface area (Å²) in [5, 5.41) is 5.32. The van der Waals surface area contributed by atoms with E-state index in [0.29, 0.717) is 0 Å². The summed E-state index contributed by atoms with van der Waals surface area (Å²) in [6.07, 6.45) is 8.07. The lowest BCUT2D eigenvalue weighted by molar-refractivity contribution is -0.121. The molecule has 1 saturated carbocycles. The number of halogens is 2. The molecule has 1 aliphatic rings. The molecule has 1 aliphatic carbocycles. The van der Waals surface area contributed by atoms with E-state index >= 15 is 0 Å². The number of aromatic nitrogens is 2. The van der Waals surface area contributed by atoms with Gasteiger partial charge in [0.05, 0.1) is 18.9 Å². The first-order valence-corrected chi connectivity index (χ1v) is 8.04. The van der Waals surface area contributed by atoms with Crippen molar-refractivity contribution in [2.75, 3.05) is 6.54 Å². The number of rotatable bonds is 5. The molecule has 6 nitrogen and oxygen atoms in total. The minimum Gasteiger partial charge on any atom is -0.350 e. The number of hydrogen-bond acceptors (Lipinski definition) is 3. The van der Waals surface area contributed by atoms with E-state index in [4.69, 9.17) is 0 Å². The molecule has 0 radical (unpaired) electrons. The summed E-state index contributed by atoms with van der Waals surface area (Å²) in [7, 11) is 0. The summed E-state index contributed by atoms with van der Waals surface area (Å²) in [5.74, 6) is -3.09. The Morgan fingerprint density at radius 1 is 1.24 bits per heavy atom. The number of benzene rings is 1. The van der Waals surface area contributed by atoms with Crippen LogP contribution in [0.5, 0.6) is 0 Å². The van der Waals surface area contributed by atoms with Gasteiger partial charge in [0, 0.05) is 24.0 Å². The van der Waals surface area contributed by atoms with Crippen LogP contribution in [0.4, 0.5) is 8.78 Å². The molecule has 1 aromatic heterocycles. The molecule has 8 heteroatoms. The predicted octanol–water partition coefficient (Wildman–Crippen LogP) is 1.80. The molecule has 0 saturated heterocycles. The van der Waals surface area contributed by atoms with Crippen molar-refractivity contribution in [2.45, 2.75) is 31.3 Å². The Morgan fingerprint density at radius 3 is 2.80 bits per heavy atom. The number of carbonyl (C=O) groups excluding carboxylic acids is 2. The van der Waals surface area contributed by atoms with E-state index in [2.05, 4.69) is 15.6 Å². The lowest BCUT2D eigenvalue weighted by Crippen LogP contribution is -2.43. The Bertz CT molecular complexity index is 764. The number of hydrogen-bond donors (Lipinski definition) is 2. The van der Waals surface area contributed by atoms with Crippen LogP contribution in [0.25, 0.3) is 0 Å². The molecular weight excluding hydrogens is 330 g/mol. The summed E-state index contributed by atoms with van der Waals surface area (Å²) in [5.41, 5.74) is -0.0381. The Hall–Kier alpha value is -2.77. The maximum Gasteiger partial charge on any atom is 0.251 e. The Labute approximate surface area is 143 Å². The fraction of sp³-hybridized carbons (Fsp3) is 0.353. The summed E-state index contributed by atoms with van der Waals surface area (Å²) >= 11 is 0. The molecule has 0 bridgehead atoms. The van der Waals surface area contributed by atoms with Gasteiger partial charge in [0.1, 0.15) is 0 Å². The number of carbonyl (C=O) groups is 2. The van der Waals surface area contributed by atoms with Gasteiger partial charge in [-0.1, -0.05) is 0 Å². The first-order chi connectivity index (χ1) is 12.0. The van der Waals surface area contributed by atoms with E-state index in [1.54, 1.807) is 12.5 Å². The quantitative estimate of drug-likeness (QED) is 0.865. The second kappa shape index (κ2) is 7.42. The van der Waals surface area contributed by atoms with Crippen molar-refractivity contribution in [3.05, 3.63) is 54.1 Å². The average molecular weight is 348 g/mol. The molecule has 1 heterocycles. The van der Waals surface area contributed by atoms with Gasteiger partial charge in [0.2, 0.25) is 5.91 Å².